The predicted octanol–water partition coefficient (Wildman–Crippen LogP) is 2.14. The van der Waals surface area contributed by atoms with Crippen molar-refractivity contribution < 1.29 is 24.6 Å². The summed E-state index contributed by atoms with van der Waals surface area (Å²) in [7, 11) is 1.61. The number of anilines is 2. The summed E-state index contributed by atoms with van der Waals surface area (Å²) in [6.45, 7) is 2.98. The highest BCUT2D eigenvalue weighted by Gasteiger charge is 2.51. The number of carbonyl (C=O) groups is 3. The second-order valence-corrected chi connectivity index (χ2v) is 9.95. The van der Waals surface area contributed by atoms with Gasteiger partial charge in [-0.2, -0.15) is 0 Å². The van der Waals surface area contributed by atoms with Gasteiger partial charge in [0.15, 0.2) is 5.60 Å². The van der Waals surface area contributed by atoms with Crippen molar-refractivity contribution in [1.82, 2.24) is 10.2 Å². The van der Waals surface area contributed by atoms with Gasteiger partial charge in [-0.1, -0.05) is 49.4 Å². The van der Waals surface area contributed by atoms with E-state index in [2.05, 4.69) is 10.6 Å². The first-order valence-corrected chi connectivity index (χ1v) is 13.0. The van der Waals surface area contributed by atoms with Crippen LogP contribution in [-0.4, -0.2) is 65.6 Å². The highest BCUT2D eigenvalue weighted by atomic mass is 16.3. The van der Waals surface area contributed by atoms with Crippen LogP contribution in [-0.2, 0) is 26.5 Å². The van der Waals surface area contributed by atoms with Crippen molar-refractivity contribution in [2.24, 2.45) is 5.92 Å². The molecule has 9 heteroatoms. The number of hydrogen-bond acceptors (Lipinski definition) is 6. The van der Waals surface area contributed by atoms with E-state index in [4.69, 9.17) is 0 Å². The molecule has 4 rings (SSSR count). The topological polar surface area (TPSA) is 122 Å². The van der Waals surface area contributed by atoms with Crippen LogP contribution in [0.25, 0.3) is 0 Å². The third-order valence-electron chi connectivity index (χ3n) is 7.36. The molecule has 3 amide bonds. The minimum Gasteiger partial charge on any atom is -0.395 e. The highest BCUT2D eigenvalue weighted by Crippen LogP contribution is 2.45. The normalized spacial score (nSPS) is 21.5. The minimum absolute atomic E-state index is 0.0641. The monoisotopic (exact) mass is 520 g/mol. The van der Waals surface area contributed by atoms with Gasteiger partial charge in [0, 0.05) is 43.7 Å². The maximum atomic E-state index is 13.2. The largest absolute Gasteiger partial charge is 0.395 e. The first kappa shape index (κ1) is 27.5. The van der Waals surface area contributed by atoms with E-state index < -0.39 is 17.4 Å². The Morgan fingerprint density at radius 2 is 2.03 bits per heavy atom. The molecule has 38 heavy (non-hydrogen) atoms. The summed E-state index contributed by atoms with van der Waals surface area (Å²) in [5, 5.41) is 27.2. The minimum atomic E-state index is -1.84. The van der Waals surface area contributed by atoms with Crippen LogP contribution in [0.15, 0.2) is 60.7 Å². The summed E-state index contributed by atoms with van der Waals surface area (Å²) in [6, 6.07) is 14.4. The number of nitrogens with zero attached hydrogens (tertiary/aromatic N) is 2. The van der Waals surface area contributed by atoms with Crippen LogP contribution in [0.2, 0.25) is 0 Å². The van der Waals surface area contributed by atoms with E-state index in [1.54, 1.807) is 49.2 Å². The molecule has 0 aromatic heterocycles. The molecular weight excluding hydrogens is 484 g/mol. The van der Waals surface area contributed by atoms with Crippen molar-refractivity contribution in [2.75, 3.05) is 37.0 Å². The maximum Gasteiger partial charge on any atom is 0.264 e. The Labute approximate surface area is 223 Å². The van der Waals surface area contributed by atoms with Crippen LogP contribution in [0.1, 0.15) is 37.3 Å². The lowest BCUT2D eigenvalue weighted by Gasteiger charge is -2.27. The van der Waals surface area contributed by atoms with Crippen molar-refractivity contribution in [3.63, 3.8) is 0 Å². The second-order valence-electron chi connectivity index (χ2n) is 9.95. The molecule has 2 aliphatic heterocycles. The lowest BCUT2D eigenvalue weighted by atomic mass is 9.82. The van der Waals surface area contributed by atoms with Gasteiger partial charge in [0.25, 0.3) is 5.91 Å². The van der Waals surface area contributed by atoms with Gasteiger partial charge < -0.3 is 30.6 Å². The fraction of sp³-hybridized carbons (Fsp3) is 0.414. The number of aliphatic hydroxyl groups is 2. The summed E-state index contributed by atoms with van der Waals surface area (Å²) in [4.78, 5) is 41.7. The van der Waals surface area contributed by atoms with Gasteiger partial charge in [0.05, 0.1) is 18.3 Å². The zero-order valence-corrected chi connectivity index (χ0v) is 21.9. The number of rotatable bonds is 10. The fourth-order valence-electron chi connectivity index (χ4n) is 5.13. The fourth-order valence-corrected chi connectivity index (χ4v) is 5.13. The third-order valence-corrected chi connectivity index (χ3v) is 7.36. The zero-order chi connectivity index (χ0) is 27.3. The number of carbonyl (C=O) groups excluding carboxylic acids is 3. The van der Waals surface area contributed by atoms with Gasteiger partial charge in [-0.25, -0.2) is 0 Å². The number of fused-ring (bicyclic) bond motifs is 1. The van der Waals surface area contributed by atoms with E-state index in [0.29, 0.717) is 23.5 Å². The molecule has 0 unspecified atom stereocenters. The van der Waals surface area contributed by atoms with Crippen molar-refractivity contribution in [3.8, 4) is 0 Å². The Morgan fingerprint density at radius 3 is 2.71 bits per heavy atom. The number of hydrogen-bond donors (Lipinski definition) is 4. The van der Waals surface area contributed by atoms with E-state index in [-0.39, 0.29) is 37.4 Å². The molecule has 2 aromatic rings. The summed E-state index contributed by atoms with van der Waals surface area (Å²) in [6.07, 6.45) is 5.10. The SMILES string of the molecule is C[C@H](/C=C/CC(=O)N(CCO)Cc1ccccc1)[C@@]1(O)C(=O)N(C)c2ccc(NC(=O)[C@H]3CCCN3)cc21. The predicted molar refractivity (Wildman–Crippen MR) is 145 cm³/mol. The van der Waals surface area contributed by atoms with Crippen LogP contribution >= 0.6 is 0 Å². The number of likely N-dealkylation sites (N-methyl/N-ethyl adjacent to an activating group) is 1. The van der Waals surface area contributed by atoms with Gasteiger partial charge >= 0.3 is 0 Å². The smallest absolute Gasteiger partial charge is 0.264 e. The Balaban J connectivity index is 1.47. The number of aliphatic hydroxyl groups excluding tert-OH is 1. The van der Waals surface area contributed by atoms with Crippen LogP contribution in [0, 0.1) is 5.92 Å². The van der Waals surface area contributed by atoms with Crippen molar-refractivity contribution >= 4 is 29.1 Å². The van der Waals surface area contributed by atoms with Gasteiger partial charge in [0.2, 0.25) is 11.8 Å². The summed E-state index contributed by atoms with van der Waals surface area (Å²) in [5.74, 6) is -1.42. The molecule has 0 bridgehead atoms. The van der Waals surface area contributed by atoms with Gasteiger partial charge in [0.1, 0.15) is 0 Å². The zero-order valence-electron chi connectivity index (χ0n) is 21.9. The third kappa shape index (κ3) is 5.65. The lowest BCUT2D eigenvalue weighted by Crippen LogP contribution is -2.43. The number of nitrogens with one attached hydrogen (secondary N) is 2. The standard InChI is InChI=1S/C29H36N4O5/c1-20(8-6-12-26(35)33(16-17-34)19-21-9-4-3-5-10-21)29(38)23-18-22(13-14-25(23)32(2)28(29)37)31-27(36)24-11-7-15-30-24/h3-6,8-10,13-14,18,20,24,30,34,38H,7,11-12,15-17,19H2,1-2H3,(H,31,36)/b8-6+/t20-,24-,29+/m1/s1. The second kappa shape index (κ2) is 11.9. The van der Waals surface area contributed by atoms with E-state index in [1.807, 2.05) is 30.3 Å². The van der Waals surface area contributed by atoms with Crippen molar-refractivity contribution in [2.45, 2.75) is 44.4 Å². The molecule has 0 aliphatic carbocycles. The van der Waals surface area contributed by atoms with E-state index in [0.717, 1.165) is 24.9 Å². The maximum absolute atomic E-state index is 13.2. The van der Waals surface area contributed by atoms with Gasteiger partial charge in [-0.3, -0.25) is 14.4 Å². The molecule has 0 saturated carbocycles. The highest BCUT2D eigenvalue weighted by molar-refractivity contribution is 6.07. The van der Waals surface area contributed by atoms with Gasteiger partial charge in [-0.15, -0.1) is 0 Å². The van der Waals surface area contributed by atoms with E-state index >= 15 is 0 Å². The summed E-state index contributed by atoms with van der Waals surface area (Å²) in [5.41, 5.74) is 0.615. The average molecular weight is 521 g/mol. The molecule has 1 saturated heterocycles. The Hall–Kier alpha value is -3.53. The Kier molecular flexibility index (Phi) is 8.61. The molecule has 9 nitrogen and oxygen atoms in total. The molecule has 0 radical (unpaired) electrons. The summed E-state index contributed by atoms with van der Waals surface area (Å²) < 4.78 is 0. The van der Waals surface area contributed by atoms with Crippen LogP contribution in [0.5, 0.6) is 0 Å². The van der Waals surface area contributed by atoms with Crippen LogP contribution in [0.3, 0.4) is 0 Å². The lowest BCUT2D eigenvalue weighted by molar-refractivity contribution is -0.139. The number of amides is 3. The van der Waals surface area contributed by atoms with E-state index in [1.165, 1.54) is 4.90 Å². The average Bonchev–Trinajstić information content (AvgIpc) is 3.53. The quantitative estimate of drug-likeness (QED) is 0.356. The molecule has 2 aromatic carbocycles. The Bertz CT molecular complexity index is 1190. The molecule has 202 valence electrons. The molecule has 0 spiro atoms. The Morgan fingerprint density at radius 1 is 1.26 bits per heavy atom. The van der Waals surface area contributed by atoms with Gasteiger partial charge in [-0.05, 0) is 43.1 Å². The van der Waals surface area contributed by atoms with E-state index in [9.17, 15) is 24.6 Å². The molecular formula is C29H36N4O5. The number of benzene rings is 2. The molecule has 1 fully saturated rings. The molecule has 2 heterocycles. The molecule has 4 N–H and O–H groups in total. The molecule has 3 atom stereocenters. The first-order chi connectivity index (χ1) is 18.3. The first-order valence-electron chi connectivity index (χ1n) is 13.0. The van der Waals surface area contributed by atoms with Crippen LogP contribution in [0.4, 0.5) is 11.4 Å². The van der Waals surface area contributed by atoms with Crippen molar-refractivity contribution in [3.05, 3.63) is 71.8 Å². The van der Waals surface area contributed by atoms with Crippen molar-refractivity contribution in [1.29, 1.82) is 0 Å². The molecule has 2 aliphatic rings. The van der Waals surface area contributed by atoms with Crippen LogP contribution < -0.4 is 15.5 Å². The summed E-state index contributed by atoms with van der Waals surface area (Å²) >= 11 is 0.